The molecule has 1 aliphatic heterocycles. The number of esters is 2. The van der Waals surface area contributed by atoms with Crippen LogP contribution in [0.25, 0.3) is 0 Å². The summed E-state index contributed by atoms with van der Waals surface area (Å²) in [5.41, 5.74) is 1.00. The molecule has 1 fully saturated rings. The van der Waals surface area contributed by atoms with Crippen molar-refractivity contribution in [2.75, 3.05) is 20.3 Å². The molecule has 55 heavy (non-hydrogen) atoms. The van der Waals surface area contributed by atoms with Crippen LogP contribution in [0.2, 0.25) is 0 Å². The Balaban J connectivity index is 1.92. The number of carbonyl (C=O) groups excluding carboxylic acids is 5. The van der Waals surface area contributed by atoms with E-state index in [9.17, 15) is 33.9 Å². The van der Waals surface area contributed by atoms with Crippen molar-refractivity contribution < 1.29 is 43.3 Å². The number of rotatable bonds is 20. The Morgan fingerprint density at radius 2 is 1.69 bits per heavy atom. The van der Waals surface area contributed by atoms with Crippen LogP contribution in [0.5, 0.6) is 0 Å². The smallest absolute Gasteiger partial charge is 0.306 e. The summed E-state index contributed by atoms with van der Waals surface area (Å²) in [4.78, 5) is 86.0. The Morgan fingerprint density at radius 1 is 1.00 bits per heavy atom. The van der Waals surface area contributed by atoms with Crippen molar-refractivity contribution in [2.45, 2.75) is 124 Å². The van der Waals surface area contributed by atoms with Crippen molar-refractivity contribution in [3.63, 3.8) is 0 Å². The van der Waals surface area contributed by atoms with E-state index in [0.29, 0.717) is 24.3 Å². The minimum absolute atomic E-state index is 0.0537. The first kappa shape index (κ1) is 45.0. The van der Waals surface area contributed by atoms with Crippen LogP contribution in [-0.4, -0.2) is 100 Å². The standard InChI is InChI=1S/C40H59N5O9S/c1-9-25(4)35(43-37(49)32-17-13-14-18-44(32)8)39(50)45(23-53-27(6)46)33(24(2)3)21-34(54-28(7)47)38-42-31(22-55-38)36(48)41-30(19-26(5)40(51)52)20-29-15-11-10-12-16-29/h10-12,15-16,22,24-26,30,32-35H,9,13-14,17-21,23H2,1-8H3,(H,41,48)(H,43,49)(H,51,52)/t25-,26-,30+,32+,33+,34+,35-/m0/s1. The van der Waals surface area contributed by atoms with Crippen LogP contribution in [0.15, 0.2) is 35.7 Å². The highest BCUT2D eigenvalue weighted by Crippen LogP contribution is 2.32. The fourth-order valence-corrected chi connectivity index (χ4v) is 7.64. The largest absolute Gasteiger partial charge is 0.481 e. The highest BCUT2D eigenvalue weighted by molar-refractivity contribution is 7.09. The summed E-state index contributed by atoms with van der Waals surface area (Å²) < 4.78 is 11.2. The van der Waals surface area contributed by atoms with Crippen molar-refractivity contribution in [3.8, 4) is 0 Å². The molecule has 0 aliphatic carbocycles. The van der Waals surface area contributed by atoms with Gasteiger partial charge in [-0.2, -0.15) is 0 Å². The molecule has 14 nitrogen and oxygen atoms in total. The number of carboxylic acid groups (broad SMARTS) is 1. The number of likely N-dealkylation sites (N-methyl/N-ethyl adjacent to an activating group) is 1. The number of hydrogen-bond donors (Lipinski definition) is 3. The fraction of sp³-hybridized carbons (Fsp3) is 0.625. The monoisotopic (exact) mass is 785 g/mol. The quantitative estimate of drug-likeness (QED) is 0.122. The van der Waals surface area contributed by atoms with E-state index in [-0.39, 0.29) is 49.1 Å². The van der Waals surface area contributed by atoms with E-state index in [1.807, 2.05) is 70.0 Å². The maximum absolute atomic E-state index is 14.6. The maximum Gasteiger partial charge on any atom is 0.306 e. The number of nitrogens with one attached hydrogen (secondary N) is 2. The number of aromatic nitrogens is 1. The number of carboxylic acids is 1. The van der Waals surface area contributed by atoms with Gasteiger partial charge >= 0.3 is 17.9 Å². The Hall–Kier alpha value is -4.37. The fourth-order valence-electron chi connectivity index (χ4n) is 6.80. The number of thiazole rings is 1. The number of piperidine rings is 1. The Morgan fingerprint density at radius 3 is 2.27 bits per heavy atom. The van der Waals surface area contributed by atoms with Crippen molar-refractivity contribution in [1.82, 2.24) is 25.4 Å². The molecule has 7 atom stereocenters. The highest BCUT2D eigenvalue weighted by atomic mass is 32.1. The summed E-state index contributed by atoms with van der Waals surface area (Å²) in [5, 5.41) is 17.4. The van der Waals surface area contributed by atoms with Crippen LogP contribution in [0.3, 0.4) is 0 Å². The molecule has 1 aromatic heterocycles. The van der Waals surface area contributed by atoms with E-state index >= 15 is 0 Å². The van der Waals surface area contributed by atoms with Crippen LogP contribution < -0.4 is 10.6 Å². The molecule has 0 spiro atoms. The van der Waals surface area contributed by atoms with E-state index in [2.05, 4.69) is 15.6 Å². The van der Waals surface area contributed by atoms with Gasteiger partial charge in [0.2, 0.25) is 11.8 Å². The van der Waals surface area contributed by atoms with Gasteiger partial charge in [-0.05, 0) is 56.7 Å². The Labute approximate surface area is 328 Å². The summed E-state index contributed by atoms with van der Waals surface area (Å²) in [6, 6.07) is 6.99. The van der Waals surface area contributed by atoms with Gasteiger partial charge in [-0.3, -0.25) is 33.7 Å². The zero-order valence-corrected chi connectivity index (χ0v) is 34.2. The molecule has 304 valence electrons. The third-order valence-electron chi connectivity index (χ3n) is 10.2. The third-order valence-corrected chi connectivity index (χ3v) is 11.2. The van der Waals surface area contributed by atoms with Crippen molar-refractivity contribution in [2.24, 2.45) is 17.8 Å². The lowest BCUT2D eigenvalue weighted by Gasteiger charge is -2.39. The van der Waals surface area contributed by atoms with Gasteiger partial charge in [0.25, 0.3) is 5.91 Å². The van der Waals surface area contributed by atoms with E-state index in [4.69, 9.17) is 9.47 Å². The van der Waals surface area contributed by atoms with Crippen LogP contribution in [0, 0.1) is 17.8 Å². The molecule has 0 bridgehead atoms. The summed E-state index contributed by atoms with van der Waals surface area (Å²) in [7, 11) is 1.90. The van der Waals surface area contributed by atoms with Gasteiger partial charge in [0.1, 0.15) is 16.7 Å². The summed E-state index contributed by atoms with van der Waals surface area (Å²) >= 11 is 1.12. The van der Waals surface area contributed by atoms with Gasteiger partial charge in [-0.1, -0.05) is 77.8 Å². The SMILES string of the molecule is CC[C@H](C)[C@H](NC(=O)[C@H]1CCCCN1C)C(=O)N(COC(C)=O)[C@H](C[C@@H](OC(C)=O)c1nc(C(=O)N[C@@H](Cc2ccccc2)C[C@H](C)C(=O)O)cs1)C(C)C. The van der Waals surface area contributed by atoms with E-state index in [0.717, 1.165) is 36.3 Å². The lowest BCUT2D eigenvalue weighted by molar-refractivity contribution is -0.159. The van der Waals surface area contributed by atoms with Gasteiger partial charge in [-0.25, -0.2) is 4.98 Å². The highest BCUT2D eigenvalue weighted by Gasteiger charge is 2.39. The molecular formula is C40H59N5O9S. The molecule has 1 aromatic carbocycles. The predicted molar refractivity (Wildman–Crippen MR) is 208 cm³/mol. The lowest BCUT2D eigenvalue weighted by Crippen LogP contribution is -2.59. The topological polar surface area (TPSA) is 185 Å². The first-order chi connectivity index (χ1) is 26.0. The van der Waals surface area contributed by atoms with Gasteiger partial charge in [0.15, 0.2) is 12.8 Å². The summed E-state index contributed by atoms with van der Waals surface area (Å²) in [6.45, 7) is 12.1. The Bertz CT molecular complexity index is 1600. The van der Waals surface area contributed by atoms with Crippen LogP contribution in [-0.2, 0) is 39.9 Å². The number of aliphatic carboxylic acids is 1. The first-order valence-electron chi connectivity index (χ1n) is 19.2. The third kappa shape index (κ3) is 13.7. The second kappa shape index (κ2) is 21.6. The average Bonchev–Trinajstić information content (AvgIpc) is 3.63. The molecule has 15 heteroatoms. The summed E-state index contributed by atoms with van der Waals surface area (Å²) in [5.74, 6) is -4.54. The van der Waals surface area contributed by atoms with Gasteiger partial charge in [-0.15, -0.1) is 11.3 Å². The molecule has 0 saturated carbocycles. The molecule has 1 aliphatic rings. The molecular weight excluding hydrogens is 727 g/mol. The molecule has 3 rings (SSSR count). The average molecular weight is 786 g/mol. The Kier molecular flexibility index (Phi) is 17.7. The lowest BCUT2D eigenvalue weighted by atomic mass is 9.92. The molecule has 3 amide bonds. The molecule has 3 N–H and O–H groups in total. The normalized spacial score (nSPS) is 17.9. The van der Waals surface area contributed by atoms with Gasteiger partial charge < -0.3 is 30.1 Å². The second-order valence-corrected chi connectivity index (χ2v) is 15.9. The van der Waals surface area contributed by atoms with E-state index in [1.54, 1.807) is 12.3 Å². The zero-order chi connectivity index (χ0) is 40.8. The minimum atomic E-state index is -0.983. The number of benzene rings is 1. The van der Waals surface area contributed by atoms with Crippen LogP contribution in [0.1, 0.15) is 114 Å². The van der Waals surface area contributed by atoms with Crippen LogP contribution in [0.4, 0.5) is 0 Å². The number of likely N-dealkylation sites (tertiary alicyclic amines) is 1. The second-order valence-electron chi connectivity index (χ2n) is 15.0. The number of carbonyl (C=O) groups is 6. The van der Waals surface area contributed by atoms with Crippen LogP contribution >= 0.6 is 11.3 Å². The molecule has 1 saturated heterocycles. The van der Waals surface area contributed by atoms with Crippen molar-refractivity contribution >= 4 is 47.0 Å². The van der Waals surface area contributed by atoms with Crippen molar-refractivity contribution in [1.29, 1.82) is 0 Å². The molecule has 2 aromatic rings. The number of hydrogen-bond acceptors (Lipinski definition) is 11. The van der Waals surface area contributed by atoms with E-state index in [1.165, 1.54) is 18.7 Å². The summed E-state index contributed by atoms with van der Waals surface area (Å²) in [6.07, 6.45) is 2.86. The van der Waals surface area contributed by atoms with Gasteiger partial charge in [0.05, 0.1) is 12.0 Å². The van der Waals surface area contributed by atoms with Gasteiger partial charge in [0, 0.05) is 37.7 Å². The minimum Gasteiger partial charge on any atom is -0.481 e. The predicted octanol–water partition coefficient (Wildman–Crippen LogP) is 4.98. The van der Waals surface area contributed by atoms with E-state index < -0.39 is 59.9 Å². The number of ether oxygens (including phenoxy) is 2. The first-order valence-corrected chi connectivity index (χ1v) is 20.0. The molecule has 0 radical (unpaired) electrons. The molecule has 0 unspecified atom stereocenters. The molecule has 2 heterocycles. The van der Waals surface area contributed by atoms with Crippen molar-refractivity contribution in [3.05, 3.63) is 52.0 Å². The maximum atomic E-state index is 14.6. The zero-order valence-electron chi connectivity index (χ0n) is 33.4. The number of nitrogens with zero attached hydrogens (tertiary/aromatic N) is 3. The number of amides is 3.